The largest absolute Gasteiger partial charge is 0.309 e. The maximum atomic E-state index is 2.43. The molecule has 0 aliphatic carbocycles. The Bertz CT molecular complexity index is 151. The zero-order chi connectivity index (χ0) is 6.70. The van der Waals surface area contributed by atoms with Crippen molar-refractivity contribution in [3.63, 3.8) is 0 Å². The Morgan fingerprint density at radius 2 is 2.22 bits per heavy atom. The first-order valence-corrected chi connectivity index (χ1v) is 3.94. The Kier molecular flexibility index (Phi) is 0.760. The SMILES string of the molecule is CC1CC[C@]2(C)C[N+]12C. The average molecular weight is 126 g/mol. The van der Waals surface area contributed by atoms with E-state index in [-0.39, 0.29) is 0 Å². The molecular formula is C8H16N+. The molecule has 0 aromatic carbocycles. The average Bonchev–Trinajstić information content (AvgIpc) is 2.26. The zero-order valence-corrected chi connectivity index (χ0v) is 6.65. The minimum atomic E-state index is 0.708. The molecule has 0 bridgehead atoms. The molecule has 2 rings (SSSR count). The van der Waals surface area contributed by atoms with E-state index in [2.05, 4.69) is 20.9 Å². The van der Waals surface area contributed by atoms with E-state index >= 15 is 0 Å². The summed E-state index contributed by atoms with van der Waals surface area (Å²) in [5.41, 5.74) is 0.708. The molecule has 2 aliphatic heterocycles. The van der Waals surface area contributed by atoms with Gasteiger partial charge >= 0.3 is 0 Å². The van der Waals surface area contributed by atoms with E-state index in [4.69, 9.17) is 0 Å². The molecule has 0 aromatic heterocycles. The highest BCUT2D eigenvalue weighted by atomic mass is 15.6. The van der Waals surface area contributed by atoms with Crippen LogP contribution in [0.2, 0.25) is 0 Å². The number of hydrogen-bond acceptors (Lipinski definition) is 0. The smallest absolute Gasteiger partial charge is 0.146 e. The van der Waals surface area contributed by atoms with Crippen LogP contribution in [0.3, 0.4) is 0 Å². The quantitative estimate of drug-likeness (QED) is 0.340. The number of nitrogens with zero attached hydrogens (tertiary/aromatic N) is 1. The highest BCUT2D eigenvalue weighted by Gasteiger charge is 2.69. The molecule has 9 heavy (non-hydrogen) atoms. The summed E-state index contributed by atoms with van der Waals surface area (Å²) in [4.78, 5) is 0. The second kappa shape index (κ2) is 1.20. The zero-order valence-electron chi connectivity index (χ0n) is 6.65. The lowest BCUT2D eigenvalue weighted by molar-refractivity contribution is -0.820. The van der Waals surface area contributed by atoms with Gasteiger partial charge < -0.3 is 4.48 Å². The molecule has 2 aliphatic rings. The molecule has 52 valence electrons. The maximum absolute atomic E-state index is 2.43. The van der Waals surface area contributed by atoms with Crippen LogP contribution in [0.4, 0.5) is 0 Å². The Labute approximate surface area is 57.3 Å². The van der Waals surface area contributed by atoms with E-state index in [0.717, 1.165) is 6.04 Å². The van der Waals surface area contributed by atoms with Crippen LogP contribution in [-0.4, -0.2) is 29.7 Å². The second-order valence-electron chi connectivity index (χ2n) is 4.31. The van der Waals surface area contributed by atoms with Crippen molar-refractivity contribution in [2.75, 3.05) is 13.6 Å². The Hall–Kier alpha value is -0.0400. The summed E-state index contributed by atoms with van der Waals surface area (Å²) in [6.45, 7) is 6.25. The lowest BCUT2D eigenvalue weighted by atomic mass is 10.1. The summed E-state index contributed by atoms with van der Waals surface area (Å²) in [6, 6.07) is 0.940. The molecule has 2 unspecified atom stereocenters. The highest BCUT2D eigenvalue weighted by Crippen LogP contribution is 2.53. The maximum Gasteiger partial charge on any atom is 0.146 e. The molecule has 0 radical (unpaired) electrons. The lowest BCUT2D eigenvalue weighted by Gasteiger charge is -2.17. The first-order valence-electron chi connectivity index (χ1n) is 3.94. The van der Waals surface area contributed by atoms with Gasteiger partial charge in [-0.05, 0) is 13.8 Å². The minimum Gasteiger partial charge on any atom is -0.309 e. The fourth-order valence-electron chi connectivity index (χ4n) is 2.50. The van der Waals surface area contributed by atoms with Crippen molar-refractivity contribution < 1.29 is 4.48 Å². The molecule has 0 spiro atoms. The van der Waals surface area contributed by atoms with Gasteiger partial charge in [0.1, 0.15) is 12.1 Å². The van der Waals surface area contributed by atoms with E-state index in [1.807, 2.05) is 0 Å². The number of hydrogen-bond donors (Lipinski definition) is 0. The number of quaternary nitrogens is 1. The van der Waals surface area contributed by atoms with Crippen LogP contribution in [0.5, 0.6) is 0 Å². The summed E-state index contributed by atoms with van der Waals surface area (Å²) < 4.78 is 1.37. The Balaban J connectivity index is 2.27. The van der Waals surface area contributed by atoms with Crippen LogP contribution < -0.4 is 0 Å². The van der Waals surface area contributed by atoms with Crippen LogP contribution in [0.25, 0.3) is 0 Å². The van der Waals surface area contributed by atoms with Gasteiger partial charge in [-0.2, -0.15) is 0 Å². The van der Waals surface area contributed by atoms with Gasteiger partial charge in [-0.1, -0.05) is 0 Å². The van der Waals surface area contributed by atoms with Gasteiger partial charge in [0.15, 0.2) is 0 Å². The molecule has 0 aromatic rings. The van der Waals surface area contributed by atoms with Crippen molar-refractivity contribution in [2.45, 2.75) is 38.3 Å². The monoisotopic (exact) mass is 126 g/mol. The van der Waals surface area contributed by atoms with Crippen molar-refractivity contribution in [1.29, 1.82) is 0 Å². The fraction of sp³-hybridized carbons (Fsp3) is 1.00. The standard InChI is InChI=1S/C8H16N/c1-7-4-5-8(2)6-9(7,8)3/h7H,4-6H2,1-3H3/q+1/t7?,8-,9?/m1/s1. The van der Waals surface area contributed by atoms with Crippen LogP contribution in [-0.2, 0) is 0 Å². The number of likely N-dealkylation sites (N-methyl/N-ethyl adjacent to an activating group) is 1. The topological polar surface area (TPSA) is 0 Å². The third kappa shape index (κ3) is 0.454. The van der Waals surface area contributed by atoms with Gasteiger partial charge in [-0.25, -0.2) is 0 Å². The summed E-state index contributed by atoms with van der Waals surface area (Å²) in [5, 5.41) is 0. The predicted molar refractivity (Wildman–Crippen MR) is 38.2 cm³/mol. The molecule has 0 saturated carbocycles. The first-order chi connectivity index (χ1) is 4.08. The molecule has 2 fully saturated rings. The van der Waals surface area contributed by atoms with Crippen molar-refractivity contribution in [3.8, 4) is 0 Å². The second-order valence-corrected chi connectivity index (χ2v) is 4.31. The van der Waals surface area contributed by atoms with Gasteiger partial charge in [0.05, 0.1) is 13.1 Å². The summed E-state index contributed by atoms with van der Waals surface area (Å²) >= 11 is 0. The van der Waals surface area contributed by atoms with Crippen molar-refractivity contribution in [3.05, 3.63) is 0 Å². The Morgan fingerprint density at radius 3 is 2.33 bits per heavy atom. The van der Waals surface area contributed by atoms with Crippen molar-refractivity contribution in [1.82, 2.24) is 0 Å². The highest BCUT2D eigenvalue weighted by molar-refractivity contribution is 4.96. The predicted octanol–water partition coefficient (Wildman–Crippen LogP) is 1.39. The molecular weight excluding hydrogens is 110 g/mol. The van der Waals surface area contributed by atoms with Gasteiger partial charge in [0.2, 0.25) is 0 Å². The molecule has 3 atom stereocenters. The molecule has 1 heteroatoms. The van der Waals surface area contributed by atoms with Crippen molar-refractivity contribution >= 4 is 0 Å². The van der Waals surface area contributed by atoms with Gasteiger partial charge in [0.25, 0.3) is 0 Å². The van der Waals surface area contributed by atoms with Crippen molar-refractivity contribution in [2.24, 2.45) is 0 Å². The molecule has 0 N–H and O–H groups in total. The van der Waals surface area contributed by atoms with E-state index < -0.39 is 0 Å². The van der Waals surface area contributed by atoms with Crippen LogP contribution in [0.1, 0.15) is 26.7 Å². The van der Waals surface area contributed by atoms with E-state index in [1.54, 1.807) is 0 Å². The number of rotatable bonds is 0. The molecule has 0 amide bonds. The molecule has 1 nitrogen and oxygen atoms in total. The van der Waals surface area contributed by atoms with Gasteiger partial charge in [0, 0.05) is 12.8 Å². The molecule has 2 heterocycles. The lowest BCUT2D eigenvalue weighted by Crippen LogP contribution is -2.31. The molecule has 2 saturated heterocycles. The summed E-state index contributed by atoms with van der Waals surface area (Å²) in [7, 11) is 2.40. The fourth-order valence-corrected chi connectivity index (χ4v) is 2.50. The van der Waals surface area contributed by atoms with E-state index in [1.165, 1.54) is 23.9 Å². The van der Waals surface area contributed by atoms with Gasteiger partial charge in [-0.3, -0.25) is 0 Å². The Morgan fingerprint density at radius 1 is 1.56 bits per heavy atom. The minimum absolute atomic E-state index is 0.708. The van der Waals surface area contributed by atoms with E-state index in [0.29, 0.717) is 5.54 Å². The van der Waals surface area contributed by atoms with E-state index in [9.17, 15) is 0 Å². The normalized spacial score (nSPS) is 63.7. The van der Waals surface area contributed by atoms with Crippen LogP contribution >= 0.6 is 0 Å². The number of piperidine rings is 1. The first kappa shape index (κ1) is 5.72. The van der Waals surface area contributed by atoms with Crippen LogP contribution in [0, 0.1) is 0 Å². The van der Waals surface area contributed by atoms with Gasteiger partial charge in [-0.15, -0.1) is 0 Å². The summed E-state index contributed by atoms with van der Waals surface area (Å²) in [6.07, 6.45) is 2.91. The number of fused-ring (bicyclic) bond motifs is 1. The third-order valence-corrected chi connectivity index (χ3v) is 3.87. The van der Waals surface area contributed by atoms with Crippen LogP contribution in [0.15, 0.2) is 0 Å². The third-order valence-electron chi connectivity index (χ3n) is 3.87. The summed E-state index contributed by atoms with van der Waals surface area (Å²) in [5.74, 6) is 0.